The molecular weight excluding hydrogens is 362 g/mol. The molecule has 1 N–H and O–H groups in total. The van der Waals surface area contributed by atoms with Crippen molar-refractivity contribution in [2.24, 2.45) is 0 Å². The van der Waals surface area contributed by atoms with Crippen LogP contribution in [0.2, 0.25) is 5.02 Å². The lowest BCUT2D eigenvalue weighted by Gasteiger charge is -2.07. The molecule has 0 aliphatic carbocycles. The van der Waals surface area contributed by atoms with Crippen LogP contribution in [-0.2, 0) is 20.9 Å². The molecule has 2 aromatic carbocycles. The highest BCUT2D eigenvalue weighted by molar-refractivity contribution is 8.00. The summed E-state index contributed by atoms with van der Waals surface area (Å²) in [5.74, 6) is 0.0817. The van der Waals surface area contributed by atoms with Gasteiger partial charge in [-0.3, -0.25) is 9.59 Å². The normalized spacial score (nSPS) is 10.2. The largest absolute Gasteiger partial charge is 0.497 e. The molecule has 0 fully saturated rings. The lowest BCUT2D eigenvalue weighted by molar-refractivity contribution is -0.145. The SMILES string of the molecule is COc1ccc(SCC(=O)OCC(=O)NCc2cccc(Cl)c2)cc1. The van der Waals surface area contributed by atoms with Crippen LogP contribution in [0.4, 0.5) is 0 Å². The van der Waals surface area contributed by atoms with Crippen LogP contribution in [0.1, 0.15) is 5.56 Å². The molecule has 0 unspecified atom stereocenters. The van der Waals surface area contributed by atoms with Crippen molar-refractivity contribution < 1.29 is 19.1 Å². The molecule has 0 saturated carbocycles. The van der Waals surface area contributed by atoms with Crippen LogP contribution in [0.25, 0.3) is 0 Å². The Hall–Kier alpha value is -2.18. The first-order valence-corrected chi connectivity index (χ1v) is 8.87. The van der Waals surface area contributed by atoms with Gasteiger partial charge in [0, 0.05) is 16.5 Å². The number of thioether (sulfide) groups is 1. The molecule has 0 aromatic heterocycles. The Kier molecular flexibility index (Phi) is 7.63. The predicted octanol–water partition coefficient (Wildman–Crippen LogP) is 3.30. The molecule has 0 atom stereocenters. The minimum absolute atomic E-state index is 0.133. The van der Waals surface area contributed by atoms with Gasteiger partial charge in [0.25, 0.3) is 5.91 Å². The highest BCUT2D eigenvalue weighted by Gasteiger charge is 2.08. The Morgan fingerprint density at radius 1 is 1.16 bits per heavy atom. The van der Waals surface area contributed by atoms with Crippen LogP contribution in [-0.4, -0.2) is 31.3 Å². The molecule has 5 nitrogen and oxygen atoms in total. The summed E-state index contributed by atoms with van der Waals surface area (Å²) < 4.78 is 10.0. The van der Waals surface area contributed by atoms with Crippen molar-refractivity contribution in [3.63, 3.8) is 0 Å². The maximum Gasteiger partial charge on any atom is 0.316 e. The number of esters is 1. The standard InChI is InChI=1S/C18H18ClNO4S/c1-23-15-5-7-16(8-6-15)25-12-18(22)24-11-17(21)20-10-13-3-2-4-14(19)9-13/h2-9H,10-12H2,1H3,(H,20,21). The number of ether oxygens (including phenoxy) is 2. The number of rotatable bonds is 8. The minimum atomic E-state index is -0.446. The molecule has 1 amide bonds. The lowest BCUT2D eigenvalue weighted by Crippen LogP contribution is -2.28. The molecule has 0 bridgehead atoms. The Morgan fingerprint density at radius 2 is 1.92 bits per heavy atom. The van der Waals surface area contributed by atoms with Crippen LogP contribution >= 0.6 is 23.4 Å². The summed E-state index contributed by atoms with van der Waals surface area (Å²) >= 11 is 7.21. The van der Waals surface area contributed by atoms with E-state index in [4.69, 9.17) is 21.1 Å². The number of hydrogen-bond acceptors (Lipinski definition) is 5. The van der Waals surface area contributed by atoms with Crippen molar-refractivity contribution in [1.29, 1.82) is 0 Å². The van der Waals surface area contributed by atoms with E-state index in [1.54, 1.807) is 25.3 Å². The molecule has 0 aliphatic heterocycles. The first-order valence-electron chi connectivity index (χ1n) is 7.50. The molecule has 0 aliphatic rings. The van der Waals surface area contributed by atoms with Gasteiger partial charge in [-0.15, -0.1) is 11.8 Å². The molecule has 0 heterocycles. The molecule has 2 aromatic rings. The molecule has 132 valence electrons. The van der Waals surface area contributed by atoms with Crippen LogP contribution < -0.4 is 10.1 Å². The molecule has 0 saturated heterocycles. The van der Waals surface area contributed by atoms with E-state index in [9.17, 15) is 9.59 Å². The third kappa shape index (κ3) is 7.07. The van der Waals surface area contributed by atoms with E-state index in [2.05, 4.69) is 5.32 Å². The average molecular weight is 380 g/mol. The summed E-state index contributed by atoms with van der Waals surface area (Å²) in [6.07, 6.45) is 0. The fraction of sp³-hybridized carbons (Fsp3) is 0.222. The Morgan fingerprint density at radius 3 is 2.60 bits per heavy atom. The molecule has 0 spiro atoms. The molecule has 2 rings (SSSR count). The van der Waals surface area contributed by atoms with Crippen molar-refractivity contribution in [2.45, 2.75) is 11.4 Å². The van der Waals surface area contributed by atoms with Gasteiger partial charge in [-0.2, -0.15) is 0 Å². The Balaban J connectivity index is 1.65. The highest BCUT2D eigenvalue weighted by Crippen LogP contribution is 2.21. The van der Waals surface area contributed by atoms with Crippen molar-refractivity contribution >= 4 is 35.2 Å². The smallest absolute Gasteiger partial charge is 0.316 e. The van der Waals surface area contributed by atoms with E-state index in [1.807, 2.05) is 30.3 Å². The van der Waals surface area contributed by atoms with E-state index in [0.717, 1.165) is 16.2 Å². The van der Waals surface area contributed by atoms with Gasteiger partial charge in [0.15, 0.2) is 6.61 Å². The van der Waals surface area contributed by atoms with E-state index in [-0.39, 0.29) is 18.3 Å². The van der Waals surface area contributed by atoms with Gasteiger partial charge in [0.1, 0.15) is 5.75 Å². The Bertz CT molecular complexity index is 721. The number of hydrogen-bond donors (Lipinski definition) is 1. The minimum Gasteiger partial charge on any atom is -0.497 e. The van der Waals surface area contributed by atoms with Crippen molar-refractivity contribution in [1.82, 2.24) is 5.32 Å². The van der Waals surface area contributed by atoms with Crippen LogP contribution in [0.5, 0.6) is 5.75 Å². The lowest BCUT2D eigenvalue weighted by atomic mass is 10.2. The van der Waals surface area contributed by atoms with Crippen LogP contribution in [0, 0.1) is 0 Å². The Labute approximate surface area is 155 Å². The monoisotopic (exact) mass is 379 g/mol. The molecule has 7 heteroatoms. The van der Waals surface area contributed by atoms with Gasteiger partial charge >= 0.3 is 5.97 Å². The highest BCUT2D eigenvalue weighted by atomic mass is 35.5. The zero-order valence-corrected chi connectivity index (χ0v) is 15.2. The van der Waals surface area contributed by atoms with Gasteiger partial charge in [0.05, 0.1) is 12.9 Å². The fourth-order valence-electron chi connectivity index (χ4n) is 1.90. The zero-order chi connectivity index (χ0) is 18.1. The average Bonchev–Trinajstić information content (AvgIpc) is 2.63. The predicted molar refractivity (Wildman–Crippen MR) is 98.0 cm³/mol. The summed E-state index contributed by atoms with van der Waals surface area (Å²) in [5.41, 5.74) is 0.877. The summed E-state index contributed by atoms with van der Waals surface area (Å²) in [5, 5.41) is 3.28. The van der Waals surface area contributed by atoms with E-state index in [0.29, 0.717) is 11.6 Å². The fourth-order valence-corrected chi connectivity index (χ4v) is 2.81. The molecule has 25 heavy (non-hydrogen) atoms. The summed E-state index contributed by atoms with van der Waals surface area (Å²) in [7, 11) is 1.59. The van der Waals surface area contributed by atoms with Crippen molar-refractivity contribution in [2.75, 3.05) is 19.5 Å². The van der Waals surface area contributed by atoms with Gasteiger partial charge in [0.2, 0.25) is 0 Å². The second kappa shape index (κ2) is 9.96. The summed E-state index contributed by atoms with van der Waals surface area (Å²) in [4.78, 5) is 24.3. The second-order valence-corrected chi connectivity index (χ2v) is 6.52. The van der Waals surface area contributed by atoms with Gasteiger partial charge in [-0.05, 0) is 42.0 Å². The maximum atomic E-state index is 11.7. The summed E-state index contributed by atoms with van der Waals surface area (Å²) in [6.45, 7) is 0.0279. The second-order valence-electron chi connectivity index (χ2n) is 5.03. The number of nitrogens with one attached hydrogen (secondary N) is 1. The zero-order valence-electron chi connectivity index (χ0n) is 13.7. The van der Waals surface area contributed by atoms with Crippen molar-refractivity contribution in [3.8, 4) is 5.75 Å². The molecular formula is C18H18ClNO4S. The number of benzene rings is 2. The van der Waals surface area contributed by atoms with E-state index >= 15 is 0 Å². The third-order valence-corrected chi connectivity index (χ3v) is 4.38. The maximum absolute atomic E-state index is 11.7. The topological polar surface area (TPSA) is 64.6 Å². The van der Waals surface area contributed by atoms with Gasteiger partial charge in [-0.25, -0.2) is 0 Å². The quantitative estimate of drug-likeness (QED) is 0.563. The number of halogens is 1. The summed E-state index contributed by atoms with van der Waals surface area (Å²) in [6, 6.07) is 14.5. The van der Waals surface area contributed by atoms with Crippen LogP contribution in [0.3, 0.4) is 0 Å². The van der Waals surface area contributed by atoms with Gasteiger partial charge in [-0.1, -0.05) is 23.7 Å². The molecule has 0 radical (unpaired) electrons. The van der Waals surface area contributed by atoms with E-state index in [1.165, 1.54) is 11.8 Å². The number of methoxy groups -OCH3 is 1. The number of carbonyl (C=O) groups excluding carboxylic acids is 2. The third-order valence-electron chi connectivity index (χ3n) is 3.16. The van der Waals surface area contributed by atoms with E-state index < -0.39 is 5.97 Å². The number of amides is 1. The first kappa shape index (κ1) is 19.1. The van der Waals surface area contributed by atoms with Gasteiger partial charge < -0.3 is 14.8 Å². The van der Waals surface area contributed by atoms with Crippen LogP contribution in [0.15, 0.2) is 53.4 Å². The number of carbonyl (C=O) groups is 2. The van der Waals surface area contributed by atoms with Crippen molar-refractivity contribution in [3.05, 3.63) is 59.1 Å². The first-order chi connectivity index (χ1) is 12.1.